The van der Waals surface area contributed by atoms with Gasteiger partial charge in [-0.3, -0.25) is 0 Å². The molecule has 8 heteroatoms. The summed E-state index contributed by atoms with van der Waals surface area (Å²) in [5.74, 6) is -0.533. The maximum Gasteiger partial charge on any atom is 0.337 e. The Morgan fingerprint density at radius 3 is 2.26 bits per heavy atom. The Hall–Kier alpha value is -1.95. The van der Waals surface area contributed by atoms with E-state index in [4.69, 9.17) is 34.8 Å². The van der Waals surface area contributed by atoms with Crippen LogP contribution in [0.5, 0.6) is 0 Å². The number of nitrogens with one attached hydrogen (secondary N) is 2. The van der Waals surface area contributed by atoms with Crippen molar-refractivity contribution in [1.82, 2.24) is 0 Å². The van der Waals surface area contributed by atoms with Crippen LogP contribution in [0, 0.1) is 0 Å². The minimum absolute atomic E-state index is 0.265. The summed E-state index contributed by atoms with van der Waals surface area (Å²) in [6.45, 7) is 0. The number of hydrogen-bond donors (Lipinski definition) is 2. The molecule has 0 aliphatic carbocycles. The lowest BCUT2D eigenvalue weighted by molar-refractivity contribution is 0.0600. The molecule has 2 amide bonds. The Bertz CT molecular complexity index is 766. The van der Waals surface area contributed by atoms with Crippen molar-refractivity contribution in [2.45, 2.75) is 0 Å². The number of carbonyl (C=O) groups excluding carboxylic acids is 2. The van der Waals surface area contributed by atoms with Crippen LogP contribution in [0.1, 0.15) is 10.4 Å². The lowest BCUT2D eigenvalue weighted by Crippen LogP contribution is -2.20. The van der Waals surface area contributed by atoms with Gasteiger partial charge in [0.15, 0.2) is 0 Å². The van der Waals surface area contributed by atoms with Gasteiger partial charge in [0.2, 0.25) is 0 Å². The highest BCUT2D eigenvalue weighted by molar-refractivity contribution is 6.42. The molecule has 120 valence electrons. The van der Waals surface area contributed by atoms with Crippen molar-refractivity contribution in [3.8, 4) is 0 Å². The Kier molecular flexibility index (Phi) is 5.71. The first-order chi connectivity index (χ1) is 10.9. The number of urea groups is 1. The molecule has 0 saturated heterocycles. The maximum absolute atomic E-state index is 12.0. The van der Waals surface area contributed by atoms with Crippen LogP contribution in [-0.2, 0) is 4.74 Å². The zero-order valence-electron chi connectivity index (χ0n) is 11.8. The van der Waals surface area contributed by atoms with Crippen molar-refractivity contribution >= 4 is 58.2 Å². The van der Waals surface area contributed by atoms with Gasteiger partial charge in [-0.25, -0.2) is 9.59 Å². The molecule has 0 aliphatic rings. The molecule has 0 spiro atoms. The van der Waals surface area contributed by atoms with E-state index >= 15 is 0 Å². The number of hydrogen-bond acceptors (Lipinski definition) is 3. The maximum atomic E-state index is 12.0. The predicted octanol–water partition coefficient (Wildman–Crippen LogP) is 5.08. The molecule has 0 radical (unpaired) electrons. The summed E-state index contributed by atoms with van der Waals surface area (Å²) in [7, 11) is 1.26. The number of anilines is 2. The number of ether oxygens (including phenoxy) is 1. The summed E-state index contributed by atoms with van der Waals surface area (Å²) in [4.78, 5) is 23.5. The fourth-order valence-electron chi connectivity index (χ4n) is 1.72. The van der Waals surface area contributed by atoms with Gasteiger partial charge in [-0.15, -0.1) is 0 Å². The standard InChI is InChI=1S/C15H11Cl3N2O3/c1-23-14(21)8-2-4-11(17)13(6-8)20-15(22)19-9-3-5-10(16)12(18)7-9/h2-7H,1H3,(H2,19,20,22). The first-order valence-electron chi connectivity index (χ1n) is 6.31. The molecule has 2 aromatic rings. The molecule has 2 rings (SSSR count). The van der Waals surface area contributed by atoms with Crippen LogP contribution >= 0.6 is 34.8 Å². The second kappa shape index (κ2) is 7.55. The summed E-state index contributed by atoms with van der Waals surface area (Å²) in [6.07, 6.45) is 0. The van der Waals surface area contributed by atoms with E-state index in [1.807, 2.05) is 0 Å². The van der Waals surface area contributed by atoms with Crippen LogP contribution in [0.2, 0.25) is 15.1 Å². The topological polar surface area (TPSA) is 67.4 Å². The summed E-state index contributed by atoms with van der Waals surface area (Å²) >= 11 is 17.7. The van der Waals surface area contributed by atoms with Crippen LogP contribution in [0.15, 0.2) is 36.4 Å². The molecule has 0 fully saturated rings. The van der Waals surface area contributed by atoms with Crippen LogP contribution in [0.25, 0.3) is 0 Å². The number of rotatable bonds is 3. The Labute approximate surface area is 147 Å². The molecule has 2 N–H and O–H groups in total. The largest absolute Gasteiger partial charge is 0.465 e. The van der Waals surface area contributed by atoms with E-state index in [0.717, 1.165) is 0 Å². The third-order valence-electron chi connectivity index (χ3n) is 2.81. The Morgan fingerprint density at radius 1 is 0.913 bits per heavy atom. The van der Waals surface area contributed by atoms with E-state index in [-0.39, 0.29) is 16.3 Å². The lowest BCUT2D eigenvalue weighted by atomic mass is 10.2. The van der Waals surface area contributed by atoms with E-state index < -0.39 is 12.0 Å². The van der Waals surface area contributed by atoms with Crippen molar-refractivity contribution < 1.29 is 14.3 Å². The van der Waals surface area contributed by atoms with Crippen LogP contribution in [-0.4, -0.2) is 19.1 Å². The molecule has 0 atom stereocenters. The third-order valence-corrected chi connectivity index (χ3v) is 3.88. The van der Waals surface area contributed by atoms with Gasteiger partial charge >= 0.3 is 12.0 Å². The molecule has 0 unspecified atom stereocenters. The van der Waals surface area contributed by atoms with Gasteiger partial charge in [-0.05, 0) is 36.4 Å². The second-order valence-electron chi connectivity index (χ2n) is 4.39. The fraction of sp³-hybridized carbons (Fsp3) is 0.0667. The average Bonchev–Trinajstić information content (AvgIpc) is 2.52. The molecule has 0 aromatic heterocycles. The molecule has 0 saturated carbocycles. The Morgan fingerprint density at radius 2 is 1.61 bits per heavy atom. The van der Waals surface area contributed by atoms with Crippen molar-refractivity contribution in [2.75, 3.05) is 17.7 Å². The minimum atomic E-state index is -0.549. The smallest absolute Gasteiger partial charge is 0.337 e. The van der Waals surface area contributed by atoms with Crippen molar-refractivity contribution in [2.24, 2.45) is 0 Å². The molecule has 0 aliphatic heterocycles. The van der Waals surface area contributed by atoms with Crippen LogP contribution in [0.3, 0.4) is 0 Å². The zero-order valence-corrected chi connectivity index (χ0v) is 14.1. The number of benzene rings is 2. The first kappa shape index (κ1) is 17.4. The molecular formula is C15H11Cl3N2O3. The lowest BCUT2D eigenvalue weighted by Gasteiger charge is -2.10. The van der Waals surface area contributed by atoms with Crippen molar-refractivity contribution in [1.29, 1.82) is 0 Å². The molecule has 0 bridgehead atoms. The summed E-state index contributed by atoms with van der Waals surface area (Å²) < 4.78 is 4.62. The van der Waals surface area contributed by atoms with Gasteiger partial charge in [0.25, 0.3) is 0 Å². The highest BCUT2D eigenvalue weighted by atomic mass is 35.5. The van der Waals surface area contributed by atoms with Crippen molar-refractivity contribution in [3.63, 3.8) is 0 Å². The third kappa shape index (κ3) is 4.51. The van der Waals surface area contributed by atoms with Gasteiger partial charge in [0.1, 0.15) is 0 Å². The fourth-order valence-corrected chi connectivity index (χ4v) is 2.19. The monoisotopic (exact) mass is 372 g/mol. The van der Waals surface area contributed by atoms with E-state index in [1.165, 1.54) is 31.4 Å². The van der Waals surface area contributed by atoms with E-state index in [0.29, 0.717) is 15.7 Å². The van der Waals surface area contributed by atoms with E-state index in [1.54, 1.807) is 12.1 Å². The normalized spacial score (nSPS) is 10.1. The quantitative estimate of drug-likeness (QED) is 0.737. The predicted molar refractivity (Wildman–Crippen MR) is 91.9 cm³/mol. The van der Waals surface area contributed by atoms with Crippen molar-refractivity contribution in [3.05, 3.63) is 57.0 Å². The highest BCUT2D eigenvalue weighted by Gasteiger charge is 2.11. The SMILES string of the molecule is COC(=O)c1ccc(Cl)c(NC(=O)Nc2ccc(Cl)c(Cl)c2)c1. The summed E-state index contributed by atoms with van der Waals surface area (Å²) in [6, 6.07) is 8.52. The van der Waals surface area contributed by atoms with Gasteiger partial charge in [0.05, 0.1) is 33.4 Å². The molecular weight excluding hydrogens is 363 g/mol. The second-order valence-corrected chi connectivity index (χ2v) is 5.62. The van der Waals surface area contributed by atoms with Gasteiger partial charge in [-0.2, -0.15) is 0 Å². The minimum Gasteiger partial charge on any atom is -0.465 e. The van der Waals surface area contributed by atoms with E-state index in [2.05, 4.69) is 15.4 Å². The molecule has 23 heavy (non-hydrogen) atoms. The number of carbonyl (C=O) groups is 2. The summed E-state index contributed by atoms with van der Waals surface area (Å²) in [5.41, 5.74) is 0.992. The van der Waals surface area contributed by atoms with Gasteiger partial charge in [-0.1, -0.05) is 34.8 Å². The first-order valence-corrected chi connectivity index (χ1v) is 7.45. The summed E-state index contributed by atoms with van der Waals surface area (Å²) in [5, 5.41) is 6.10. The number of esters is 1. The van der Waals surface area contributed by atoms with E-state index in [9.17, 15) is 9.59 Å². The zero-order chi connectivity index (χ0) is 17.0. The van der Waals surface area contributed by atoms with Gasteiger partial charge < -0.3 is 15.4 Å². The van der Waals surface area contributed by atoms with Crippen LogP contribution in [0.4, 0.5) is 16.2 Å². The molecule has 0 heterocycles. The van der Waals surface area contributed by atoms with Crippen LogP contribution < -0.4 is 10.6 Å². The average molecular weight is 374 g/mol. The van der Waals surface area contributed by atoms with Gasteiger partial charge in [0, 0.05) is 5.69 Å². The molecule has 2 aromatic carbocycles. The number of amides is 2. The highest BCUT2D eigenvalue weighted by Crippen LogP contribution is 2.26. The molecule has 5 nitrogen and oxygen atoms in total. The Balaban J connectivity index is 2.13. The number of methoxy groups -OCH3 is 1. The number of halogens is 3.